The maximum absolute atomic E-state index is 5.58. The van der Waals surface area contributed by atoms with E-state index in [0.717, 1.165) is 51.8 Å². The second kappa shape index (κ2) is 13.3. The summed E-state index contributed by atoms with van der Waals surface area (Å²) in [4.78, 5) is 26.7. The number of aryl methyl sites for hydroxylation is 4. The Bertz CT molecular complexity index is 1600. The van der Waals surface area contributed by atoms with Gasteiger partial charge in [0.15, 0.2) is 23.3 Å². The SMILES string of the molecule is Cn1ccnc1-c1cc(NCCN)cc(-c2nccn2C)n1.Cn1ccnc1-c1cccc(-c2nccn2C)n1.[Os]. The Labute approximate surface area is 251 Å². The molecule has 0 fully saturated rings. The van der Waals surface area contributed by atoms with Gasteiger partial charge in [-0.3, -0.25) is 0 Å². The summed E-state index contributed by atoms with van der Waals surface area (Å²) in [7, 11) is 7.81. The molecule has 0 amide bonds. The van der Waals surface area contributed by atoms with Crippen LogP contribution in [0.4, 0.5) is 5.69 Å². The second-order valence-corrected chi connectivity index (χ2v) is 9.20. The fourth-order valence-electron chi connectivity index (χ4n) is 4.21. The fourth-order valence-corrected chi connectivity index (χ4v) is 4.21. The number of hydrogen-bond acceptors (Lipinski definition) is 8. The number of imidazole rings is 4. The molecule has 13 heteroatoms. The van der Waals surface area contributed by atoms with Crippen LogP contribution >= 0.6 is 0 Å². The van der Waals surface area contributed by atoms with E-state index in [1.165, 1.54) is 0 Å². The Morgan fingerprint density at radius 1 is 0.610 bits per heavy atom. The van der Waals surface area contributed by atoms with Gasteiger partial charge in [-0.1, -0.05) is 6.07 Å². The van der Waals surface area contributed by atoms with Crippen LogP contribution in [0.15, 0.2) is 79.9 Å². The van der Waals surface area contributed by atoms with Gasteiger partial charge in [0.1, 0.15) is 22.8 Å². The molecule has 6 aromatic rings. The Hall–Kier alpha value is -4.46. The molecule has 6 rings (SSSR count). The summed E-state index contributed by atoms with van der Waals surface area (Å²) in [5, 5.41) is 3.30. The topological polar surface area (TPSA) is 135 Å². The van der Waals surface area contributed by atoms with Crippen LogP contribution in [0, 0.1) is 0 Å². The van der Waals surface area contributed by atoms with Gasteiger partial charge in [-0.2, -0.15) is 0 Å². The van der Waals surface area contributed by atoms with E-state index in [0.29, 0.717) is 13.1 Å². The van der Waals surface area contributed by atoms with E-state index >= 15 is 0 Å². The van der Waals surface area contributed by atoms with Crippen LogP contribution in [0.2, 0.25) is 0 Å². The maximum Gasteiger partial charge on any atom is 0.158 e. The van der Waals surface area contributed by atoms with Gasteiger partial charge in [-0.15, -0.1) is 0 Å². The Balaban J connectivity index is 0.000000188. The first-order valence-electron chi connectivity index (χ1n) is 12.8. The molecule has 0 spiro atoms. The molecule has 0 atom stereocenters. The van der Waals surface area contributed by atoms with Gasteiger partial charge >= 0.3 is 0 Å². The molecular weight excluding hydrogens is 695 g/mol. The van der Waals surface area contributed by atoms with E-state index in [2.05, 4.69) is 30.2 Å². The van der Waals surface area contributed by atoms with Crippen LogP contribution in [-0.2, 0) is 48.0 Å². The molecule has 6 aromatic heterocycles. The third-order valence-electron chi connectivity index (χ3n) is 6.25. The van der Waals surface area contributed by atoms with Crippen LogP contribution in [0.5, 0.6) is 0 Å². The predicted octanol–water partition coefficient (Wildman–Crippen LogP) is 3.13. The number of pyridine rings is 2. The molecular formula is C28H32N12Os. The van der Waals surface area contributed by atoms with Crippen molar-refractivity contribution >= 4 is 5.69 Å². The standard InChI is InChI=1S/C15H19N7.C13H13N5.Os/c1-21-7-5-18-14(21)12-9-11(17-4-3-16)10-13(20-12)15-19-6-8-22(15)2;1-17-8-6-14-12(17)10-4-3-5-11(16-10)13-15-7-9-18(13)2;/h5-10H,3-4,16H2,1-2H3,(H,17,20);3-9H,1-2H3;. The Kier molecular flexibility index (Phi) is 9.55. The van der Waals surface area contributed by atoms with Crippen LogP contribution in [-0.4, -0.2) is 61.3 Å². The van der Waals surface area contributed by atoms with Crippen molar-refractivity contribution in [3.63, 3.8) is 0 Å². The van der Waals surface area contributed by atoms with Crippen molar-refractivity contribution in [1.82, 2.24) is 48.2 Å². The van der Waals surface area contributed by atoms with Crippen molar-refractivity contribution in [1.29, 1.82) is 0 Å². The van der Waals surface area contributed by atoms with Crippen molar-refractivity contribution in [2.24, 2.45) is 33.9 Å². The van der Waals surface area contributed by atoms with Crippen molar-refractivity contribution < 1.29 is 19.8 Å². The zero-order chi connectivity index (χ0) is 28.1. The van der Waals surface area contributed by atoms with E-state index in [1.54, 1.807) is 24.8 Å². The molecule has 3 N–H and O–H groups in total. The first-order valence-corrected chi connectivity index (χ1v) is 12.8. The number of hydrogen-bond donors (Lipinski definition) is 2. The predicted molar refractivity (Wildman–Crippen MR) is 155 cm³/mol. The Morgan fingerprint density at radius 2 is 0.976 bits per heavy atom. The molecule has 0 aromatic carbocycles. The molecule has 212 valence electrons. The molecule has 0 saturated heterocycles. The largest absolute Gasteiger partial charge is 0.384 e. The first-order chi connectivity index (χ1) is 19.4. The number of aromatic nitrogens is 10. The minimum absolute atomic E-state index is 0. The molecule has 0 unspecified atom stereocenters. The maximum atomic E-state index is 5.58. The van der Waals surface area contributed by atoms with Gasteiger partial charge in [0.25, 0.3) is 0 Å². The summed E-state index contributed by atoms with van der Waals surface area (Å²) in [6.45, 7) is 1.27. The zero-order valence-electron chi connectivity index (χ0n) is 23.3. The smallest absolute Gasteiger partial charge is 0.158 e. The zero-order valence-corrected chi connectivity index (χ0v) is 25.9. The molecule has 0 aliphatic heterocycles. The van der Waals surface area contributed by atoms with Crippen molar-refractivity contribution in [3.05, 3.63) is 79.9 Å². The molecule has 0 aliphatic carbocycles. The fraction of sp³-hybridized carbons (Fsp3) is 0.214. The quantitative estimate of drug-likeness (QED) is 0.257. The molecule has 0 radical (unpaired) electrons. The average Bonchev–Trinajstić information content (AvgIpc) is 3.77. The Morgan fingerprint density at radius 3 is 1.32 bits per heavy atom. The summed E-state index contributed by atoms with van der Waals surface area (Å²) in [6.07, 6.45) is 14.7. The number of nitrogens with one attached hydrogen (secondary N) is 1. The van der Waals surface area contributed by atoms with Crippen molar-refractivity contribution in [3.8, 4) is 46.1 Å². The summed E-state index contributed by atoms with van der Waals surface area (Å²) in [5.41, 5.74) is 9.83. The average molecular weight is 727 g/mol. The van der Waals surface area contributed by atoms with Gasteiger partial charge in [0, 0.05) is 116 Å². The van der Waals surface area contributed by atoms with E-state index in [1.807, 2.05) is 102 Å². The second-order valence-electron chi connectivity index (χ2n) is 9.20. The van der Waals surface area contributed by atoms with Gasteiger partial charge in [-0.05, 0) is 24.3 Å². The summed E-state index contributed by atoms with van der Waals surface area (Å²) in [6, 6.07) is 9.83. The van der Waals surface area contributed by atoms with Crippen LogP contribution in [0.3, 0.4) is 0 Å². The minimum Gasteiger partial charge on any atom is -0.384 e. The molecule has 0 bridgehead atoms. The molecule has 0 saturated carbocycles. The summed E-state index contributed by atoms with van der Waals surface area (Å²) < 4.78 is 7.78. The van der Waals surface area contributed by atoms with Gasteiger partial charge < -0.3 is 29.3 Å². The van der Waals surface area contributed by atoms with Crippen LogP contribution in [0.25, 0.3) is 46.1 Å². The molecule has 6 heterocycles. The molecule has 12 nitrogen and oxygen atoms in total. The third kappa shape index (κ3) is 6.65. The van der Waals surface area contributed by atoms with E-state index in [-0.39, 0.29) is 19.8 Å². The van der Waals surface area contributed by atoms with Crippen LogP contribution in [0.1, 0.15) is 0 Å². The number of rotatable bonds is 7. The molecule has 41 heavy (non-hydrogen) atoms. The van der Waals surface area contributed by atoms with Crippen LogP contribution < -0.4 is 11.1 Å². The van der Waals surface area contributed by atoms with Crippen molar-refractivity contribution in [2.45, 2.75) is 0 Å². The summed E-state index contributed by atoms with van der Waals surface area (Å²) >= 11 is 0. The van der Waals surface area contributed by atoms with Crippen molar-refractivity contribution in [2.75, 3.05) is 18.4 Å². The number of nitrogens with two attached hydrogens (primary N) is 1. The third-order valence-corrected chi connectivity index (χ3v) is 6.25. The summed E-state index contributed by atoms with van der Waals surface area (Å²) in [5.74, 6) is 3.33. The minimum atomic E-state index is 0. The van der Waals surface area contributed by atoms with Gasteiger partial charge in [0.05, 0.1) is 0 Å². The first kappa shape index (κ1) is 29.5. The molecule has 0 aliphatic rings. The van der Waals surface area contributed by atoms with E-state index in [9.17, 15) is 0 Å². The normalized spacial score (nSPS) is 10.6. The van der Waals surface area contributed by atoms with Gasteiger partial charge in [-0.25, -0.2) is 29.9 Å². The monoisotopic (exact) mass is 728 g/mol. The van der Waals surface area contributed by atoms with Gasteiger partial charge in [0.2, 0.25) is 0 Å². The number of anilines is 1. The number of nitrogens with zero attached hydrogens (tertiary/aromatic N) is 10. The van der Waals surface area contributed by atoms with E-state index in [4.69, 9.17) is 10.7 Å². The van der Waals surface area contributed by atoms with E-state index < -0.39 is 0 Å².